The molecule has 0 bridgehead atoms. The van der Waals surface area contributed by atoms with Crippen LogP contribution in [0.15, 0.2) is 64.8 Å². The van der Waals surface area contributed by atoms with Gasteiger partial charge < -0.3 is 25.7 Å². The first-order valence-electron chi connectivity index (χ1n) is 8.98. The summed E-state index contributed by atoms with van der Waals surface area (Å²) in [6, 6.07) is 13.7. The van der Waals surface area contributed by atoms with E-state index in [1.807, 2.05) is 36.4 Å². The van der Waals surface area contributed by atoms with Crippen LogP contribution in [0.2, 0.25) is 0 Å². The first-order valence-corrected chi connectivity index (χ1v) is 9.77. The quantitative estimate of drug-likeness (QED) is 0.602. The molecule has 2 aromatic carbocycles. The third-order valence-corrected chi connectivity index (χ3v) is 4.94. The van der Waals surface area contributed by atoms with Gasteiger partial charge in [0.25, 0.3) is 5.91 Å². The molecule has 0 aliphatic carbocycles. The van der Waals surface area contributed by atoms with Crippen molar-refractivity contribution in [3.63, 3.8) is 0 Å². The van der Waals surface area contributed by atoms with Crippen molar-refractivity contribution in [2.75, 3.05) is 18.6 Å². The van der Waals surface area contributed by atoms with E-state index in [9.17, 15) is 9.59 Å². The number of likely N-dealkylation sites (N-methyl/N-ethyl adjacent to an activating group) is 1. The lowest BCUT2D eigenvalue weighted by atomic mass is 10.1. The first-order chi connectivity index (χ1) is 14.0. The number of fused-ring (bicyclic) bond motifs is 1. The number of allylic oxidation sites excluding steroid dienone is 1. The second-order valence-electron chi connectivity index (χ2n) is 6.52. The highest BCUT2D eigenvalue weighted by molar-refractivity contribution is 9.10. The standard InChI is InChI=1S/C21H21BrN4O3/c1-26-18-10-16(22)7-8-19(18)29-13-17(20(26)27)25-21(28)24-12-15(11-23)9-14-5-3-2-4-6-14/h2-8,10-12,17,23H,9,13H2,1H3,(H2,24,25,28)/b15-12-,23-11?/t17-/m0/s1. The Labute approximate surface area is 177 Å². The lowest BCUT2D eigenvalue weighted by Crippen LogP contribution is -2.51. The topological polar surface area (TPSA) is 94.5 Å². The van der Waals surface area contributed by atoms with Crippen molar-refractivity contribution < 1.29 is 14.3 Å². The maximum Gasteiger partial charge on any atom is 0.319 e. The molecule has 0 spiro atoms. The summed E-state index contributed by atoms with van der Waals surface area (Å²) >= 11 is 3.39. The van der Waals surface area contributed by atoms with Crippen molar-refractivity contribution in [2.45, 2.75) is 12.5 Å². The van der Waals surface area contributed by atoms with Crippen LogP contribution >= 0.6 is 15.9 Å². The Balaban J connectivity index is 1.63. The second-order valence-corrected chi connectivity index (χ2v) is 7.43. The number of anilines is 1. The summed E-state index contributed by atoms with van der Waals surface area (Å²) in [7, 11) is 1.64. The number of hydrogen-bond acceptors (Lipinski definition) is 4. The lowest BCUT2D eigenvalue weighted by Gasteiger charge is -2.20. The molecule has 0 saturated carbocycles. The molecule has 0 unspecified atom stereocenters. The molecule has 7 nitrogen and oxygen atoms in total. The number of benzene rings is 2. The zero-order valence-electron chi connectivity index (χ0n) is 15.8. The Morgan fingerprint density at radius 2 is 2.07 bits per heavy atom. The van der Waals surface area contributed by atoms with E-state index in [0.29, 0.717) is 23.4 Å². The summed E-state index contributed by atoms with van der Waals surface area (Å²) in [6.07, 6.45) is 3.17. The fourth-order valence-electron chi connectivity index (χ4n) is 2.91. The van der Waals surface area contributed by atoms with Gasteiger partial charge in [0, 0.05) is 30.4 Å². The van der Waals surface area contributed by atoms with Crippen LogP contribution in [0.5, 0.6) is 5.75 Å². The Kier molecular flexibility index (Phi) is 6.66. The molecule has 29 heavy (non-hydrogen) atoms. The molecule has 0 saturated heterocycles. The number of ether oxygens (including phenoxy) is 1. The van der Waals surface area contributed by atoms with Crippen molar-refractivity contribution in [3.8, 4) is 5.75 Å². The van der Waals surface area contributed by atoms with Gasteiger partial charge in [0.05, 0.1) is 5.69 Å². The van der Waals surface area contributed by atoms with Gasteiger partial charge in [-0.25, -0.2) is 4.79 Å². The fourth-order valence-corrected chi connectivity index (χ4v) is 3.26. The summed E-state index contributed by atoms with van der Waals surface area (Å²) in [5.41, 5.74) is 2.29. The minimum atomic E-state index is -0.836. The number of carbonyl (C=O) groups is 2. The van der Waals surface area contributed by atoms with Gasteiger partial charge in [-0.15, -0.1) is 0 Å². The average molecular weight is 457 g/mol. The van der Waals surface area contributed by atoms with Crippen molar-refractivity contribution in [1.29, 1.82) is 5.41 Å². The van der Waals surface area contributed by atoms with Crippen LogP contribution in [0, 0.1) is 5.41 Å². The normalized spacial score (nSPS) is 16.3. The van der Waals surface area contributed by atoms with E-state index < -0.39 is 12.1 Å². The summed E-state index contributed by atoms with van der Waals surface area (Å²) in [4.78, 5) is 26.5. The van der Waals surface area contributed by atoms with E-state index >= 15 is 0 Å². The second kappa shape index (κ2) is 9.38. The van der Waals surface area contributed by atoms with Crippen molar-refractivity contribution in [1.82, 2.24) is 10.6 Å². The van der Waals surface area contributed by atoms with E-state index in [1.165, 1.54) is 17.3 Å². The van der Waals surface area contributed by atoms with Gasteiger partial charge in [-0.05, 0) is 29.3 Å². The van der Waals surface area contributed by atoms with Gasteiger partial charge in [0.2, 0.25) is 0 Å². The monoisotopic (exact) mass is 456 g/mol. The molecule has 1 aliphatic rings. The SMILES string of the molecule is CN1C(=O)[C@@H](NC(=O)N/C=C(\C=N)Cc2ccccc2)COc2ccc(Br)cc21. The molecule has 150 valence electrons. The summed E-state index contributed by atoms with van der Waals surface area (Å²) < 4.78 is 6.53. The van der Waals surface area contributed by atoms with Gasteiger partial charge in [0.15, 0.2) is 0 Å². The van der Waals surface area contributed by atoms with Crippen LogP contribution in [0.1, 0.15) is 5.56 Å². The number of halogens is 1. The number of carbonyl (C=O) groups excluding carboxylic acids is 2. The average Bonchev–Trinajstić information content (AvgIpc) is 2.84. The van der Waals surface area contributed by atoms with Crippen molar-refractivity contribution in [3.05, 3.63) is 70.3 Å². The minimum Gasteiger partial charge on any atom is -0.489 e. The maximum atomic E-state index is 12.7. The van der Waals surface area contributed by atoms with Gasteiger partial charge in [-0.3, -0.25) is 4.79 Å². The largest absolute Gasteiger partial charge is 0.489 e. The number of amides is 3. The molecular weight excluding hydrogens is 436 g/mol. The number of nitrogens with one attached hydrogen (secondary N) is 3. The predicted molar refractivity (Wildman–Crippen MR) is 116 cm³/mol. The highest BCUT2D eigenvalue weighted by Gasteiger charge is 2.30. The van der Waals surface area contributed by atoms with E-state index in [2.05, 4.69) is 26.6 Å². The molecule has 3 N–H and O–H groups in total. The molecule has 0 fully saturated rings. The zero-order chi connectivity index (χ0) is 20.8. The summed E-state index contributed by atoms with van der Waals surface area (Å²) in [5.74, 6) is 0.292. The Hall–Kier alpha value is -3.13. The third-order valence-electron chi connectivity index (χ3n) is 4.45. The van der Waals surface area contributed by atoms with Crippen LogP contribution in [0.4, 0.5) is 10.5 Å². The Morgan fingerprint density at radius 3 is 2.79 bits per heavy atom. The van der Waals surface area contributed by atoms with Crippen LogP contribution in [0.3, 0.4) is 0 Å². The molecule has 1 atom stereocenters. The van der Waals surface area contributed by atoms with Crippen LogP contribution in [-0.4, -0.2) is 37.8 Å². The lowest BCUT2D eigenvalue weighted by molar-refractivity contribution is -0.120. The molecule has 2 aromatic rings. The van der Waals surface area contributed by atoms with E-state index in [-0.39, 0.29) is 12.5 Å². The Bertz CT molecular complexity index is 946. The first kappa shape index (κ1) is 20.6. The maximum absolute atomic E-state index is 12.7. The van der Waals surface area contributed by atoms with Gasteiger partial charge in [-0.1, -0.05) is 46.3 Å². The third kappa shape index (κ3) is 5.23. The van der Waals surface area contributed by atoms with Gasteiger partial charge in [-0.2, -0.15) is 0 Å². The van der Waals surface area contributed by atoms with E-state index in [4.69, 9.17) is 10.1 Å². The molecule has 3 amide bonds. The highest BCUT2D eigenvalue weighted by Crippen LogP contribution is 2.33. The molecular formula is C21H21BrN4O3. The number of rotatable bonds is 5. The van der Waals surface area contributed by atoms with E-state index in [0.717, 1.165) is 10.0 Å². The fraction of sp³-hybridized carbons (Fsp3) is 0.190. The summed E-state index contributed by atoms with van der Waals surface area (Å²) in [6.45, 7) is 0.0242. The molecule has 8 heteroatoms. The molecule has 3 rings (SSSR count). The van der Waals surface area contributed by atoms with Crippen LogP contribution < -0.4 is 20.3 Å². The van der Waals surface area contributed by atoms with Crippen molar-refractivity contribution >= 4 is 39.8 Å². The molecule has 0 radical (unpaired) electrons. The smallest absolute Gasteiger partial charge is 0.319 e. The minimum absolute atomic E-state index is 0.0242. The highest BCUT2D eigenvalue weighted by atomic mass is 79.9. The number of nitrogens with zero attached hydrogens (tertiary/aromatic N) is 1. The van der Waals surface area contributed by atoms with Gasteiger partial charge in [0.1, 0.15) is 18.4 Å². The van der Waals surface area contributed by atoms with Crippen molar-refractivity contribution in [2.24, 2.45) is 0 Å². The zero-order valence-corrected chi connectivity index (χ0v) is 17.4. The van der Waals surface area contributed by atoms with E-state index in [1.54, 1.807) is 19.2 Å². The summed E-state index contributed by atoms with van der Waals surface area (Å²) in [5, 5.41) is 12.8. The molecule has 1 heterocycles. The Morgan fingerprint density at radius 1 is 1.31 bits per heavy atom. The van der Waals surface area contributed by atoms with Gasteiger partial charge >= 0.3 is 6.03 Å². The molecule has 1 aliphatic heterocycles. The number of urea groups is 1. The number of hydrogen-bond donors (Lipinski definition) is 3. The molecule has 0 aromatic heterocycles. The van der Waals surface area contributed by atoms with Crippen LogP contribution in [0.25, 0.3) is 0 Å². The predicted octanol–water partition coefficient (Wildman–Crippen LogP) is 3.25. The van der Waals surface area contributed by atoms with Crippen LogP contribution in [-0.2, 0) is 11.2 Å².